The lowest BCUT2D eigenvalue weighted by Gasteiger charge is -2.42. The third-order valence-corrected chi connectivity index (χ3v) is 7.12. The van der Waals surface area contributed by atoms with Crippen LogP contribution in [-0.2, 0) is 0 Å². The minimum atomic E-state index is -0.362. The van der Waals surface area contributed by atoms with Crippen molar-refractivity contribution in [2.75, 3.05) is 52.3 Å². The van der Waals surface area contributed by atoms with Crippen LogP contribution in [0.15, 0.2) is 42.6 Å². The number of piperazine rings is 1. The Morgan fingerprint density at radius 2 is 1.75 bits per heavy atom. The molecule has 1 fully saturated rings. The zero-order valence-corrected chi connectivity index (χ0v) is 21.6. The van der Waals surface area contributed by atoms with Gasteiger partial charge < -0.3 is 14.5 Å². The Balaban J connectivity index is 1.47. The number of hydrogen-bond donors (Lipinski definition) is 0. The number of aromatic nitrogens is 4. The lowest BCUT2D eigenvalue weighted by molar-refractivity contribution is 0.169. The van der Waals surface area contributed by atoms with Crippen LogP contribution in [0.25, 0.3) is 27.8 Å². The Hall–Kier alpha value is -3.30. The molecular weight excluding hydrogens is 457 g/mol. The first-order chi connectivity index (χ1) is 17.3. The van der Waals surface area contributed by atoms with E-state index in [0.29, 0.717) is 24.3 Å². The molecule has 36 heavy (non-hydrogen) atoms. The lowest BCUT2D eigenvalue weighted by Crippen LogP contribution is -2.55. The van der Waals surface area contributed by atoms with Crippen molar-refractivity contribution in [3.63, 3.8) is 0 Å². The average molecular weight is 492 g/mol. The molecule has 1 aliphatic rings. The van der Waals surface area contributed by atoms with Crippen molar-refractivity contribution in [1.29, 1.82) is 0 Å². The maximum absolute atomic E-state index is 14.9. The van der Waals surface area contributed by atoms with Crippen LogP contribution in [-0.4, -0.2) is 88.8 Å². The highest BCUT2D eigenvalue weighted by atomic mass is 19.1. The minimum Gasteiger partial charge on any atom is -0.490 e. The molecule has 0 spiro atoms. The zero-order valence-electron chi connectivity index (χ0n) is 21.6. The largest absolute Gasteiger partial charge is 0.490 e. The van der Waals surface area contributed by atoms with Crippen LogP contribution >= 0.6 is 0 Å². The van der Waals surface area contributed by atoms with Crippen molar-refractivity contribution in [3.05, 3.63) is 48.4 Å². The second-order valence-corrected chi connectivity index (χ2v) is 10.1. The van der Waals surface area contributed by atoms with Crippen LogP contribution in [0.1, 0.15) is 20.3 Å². The number of fused-ring (bicyclic) bond motifs is 3. The van der Waals surface area contributed by atoms with Gasteiger partial charge in [-0.15, -0.1) is 10.2 Å². The van der Waals surface area contributed by atoms with Crippen molar-refractivity contribution in [2.45, 2.75) is 32.4 Å². The van der Waals surface area contributed by atoms with Crippen LogP contribution in [0.5, 0.6) is 5.75 Å². The number of anilines is 1. The highest BCUT2D eigenvalue weighted by Crippen LogP contribution is 2.30. The second-order valence-electron chi connectivity index (χ2n) is 10.1. The highest BCUT2D eigenvalue weighted by molar-refractivity contribution is 5.84. The normalized spacial score (nSPS) is 19.0. The van der Waals surface area contributed by atoms with Gasteiger partial charge in [0.15, 0.2) is 17.2 Å². The molecule has 190 valence electrons. The summed E-state index contributed by atoms with van der Waals surface area (Å²) in [7, 11) is 6.19. The summed E-state index contributed by atoms with van der Waals surface area (Å²) in [4.78, 5) is 11.4. The Morgan fingerprint density at radius 1 is 1.03 bits per heavy atom. The fourth-order valence-electron chi connectivity index (χ4n) is 4.85. The molecule has 5 rings (SSSR count). The number of rotatable bonds is 7. The molecule has 1 unspecified atom stereocenters. The standard InChI is InChI=1S/C27H34FN7O/c1-18-16-34(17-19(2)33(18)5)27-31-30-26-15-29-23-9-7-21(14-24(23)35(26)27)20-8-10-25(22(28)13-20)36-12-6-11-32(3)4/h7-10,13-15,18-19H,6,11-12,16-17H2,1-5H3/t18-,19?/m0/s1. The minimum absolute atomic E-state index is 0.279. The van der Waals surface area contributed by atoms with Gasteiger partial charge in [-0.1, -0.05) is 12.1 Å². The SMILES string of the molecule is CC1CN(c2nnc3cnc4ccc(-c5ccc(OCCCN(C)C)c(F)c5)cc4n23)C[C@H](C)N1C. The molecule has 8 nitrogen and oxygen atoms in total. The molecule has 4 aromatic rings. The zero-order chi connectivity index (χ0) is 25.4. The quantitative estimate of drug-likeness (QED) is 0.363. The predicted octanol–water partition coefficient (Wildman–Crippen LogP) is 3.94. The van der Waals surface area contributed by atoms with E-state index in [1.807, 2.05) is 38.4 Å². The van der Waals surface area contributed by atoms with Crippen molar-refractivity contribution >= 4 is 22.6 Å². The molecule has 0 aliphatic carbocycles. The molecule has 2 aromatic heterocycles. The van der Waals surface area contributed by atoms with Crippen LogP contribution in [0, 0.1) is 5.82 Å². The van der Waals surface area contributed by atoms with E-state index in [-0.39, 0.29) is 11.6 Å². The summed E-state index contributed by atoms with van der Waals surface area (Å²) >= 11 is 0. The highest BCUT2D eigenvalue weighted by Gasteiger charge is 2.29. The Kier molecular flexibility index (Phi) is 6.77. The third-order valence-electron chi connectivity index (χ3n) is 7.12. The molecule has 0 N–H and O–H groups in total. The van der Waals surface area contributed by atoms with Crippen molar-refractivity contribution < 1.29 is 9.13 Å². The summed E-state index contributed by atoms with van der Waals surface area (Å²) in [6.07, 6.45) is 2.59. The number of hydrogen-bond acceptors (Lipinski definition) is 7. The van der Waals surface area contributed by atoms with E-state index in [1.165, 1.54) is 6.07 Å². The van der Waals surface area contributed by atoms with E-state index in [0.717, 1.165) is 54.2 Å². The first-order valence-electron chi connectivity index (χ1n) is 12.5. The Bertz CT molecular complexity index is 1360. The molecule has 0 bridgehead atoms. The molecule has 1 saturated heterocycles. The first-order valence-corrected chi connectivity index (χ1v) is 12.5. The van der Waals surface area contributed by atoms with Crippen molar-refractivity contribution in [2.24, 2.45) is 0 Å². The predicted molar refractivity (Wildman–Crippen MR) is 141 cm³/mol. The topological polar surface area (TPSA) is 62.0 Å². The van der Waals surface area contributed by atoms with E-state index in [9.17, 15) is 4.39 Å². The molecule has 9 heteroatoms. The van der Waals surface area contributed by atoms with Gasteiger partial charge >= 0.3 is 0 Å². The fraction of sp³-hybridized carbons (Fsp3) is 0.444. The molecule has 2 atom stereocenters. The van der Waals surface area contributed by atoms with Crippen LogP contribution in [0.4, 0.5) is 10.3 Å². The van der Waals surface area contributed by atoms with Crippen molar-refractivity contribution in [3.8, 4) is 16.9 Å². The van der Waals surface area contributed by atoms with Gasteiger partial charge in [0.2, 0.25) is 5.95 Å². The number of likely N-dealkylation sites (N-methyl/N-ethyl adjacent to an activating group) is 1. The van der Waals surface area contributed by atoms with Gasteiger partial charge in [0, 0.05) is 31.7 Å². The molecule has 0 saturated carbocycles. The number of benzene rings is 2. The van der Waals surface area contributed by atoms with Gasteiger partial charge in [-0.2, -0.15) is 0 Å². The lowest BCUT2D eigenvalue weighted by atomic mass is 10.0. The molecule has 3 heterocycles. The van der Waals surface area contributed by atoms with Gasteiger partial charge in [-0.25, -0.2) is 4.39 Å². The summed E-state index contributed by atoms with van der Waals surface area (Å²) < 4.78 is 22.6. The monoisotopic (exact) mass is 491 g/mol. The summed E-state index contributed by atoms with van der Waals surface area (Å²) in [5, 5.41) is 8.94. The van der Waals surface area contributed by atoms with E-state index in [1.54, 1.807) is 12.3 Å². The summed E-state index contributed by atoms with van der Waals surface area (Å²) in [6.45, 7) is 7.57. The summed E-state index contributed by atoms with van der Waals surface area (Å²) in [5.41, 5.74) is 4.11. The average Bonchev–Trinajstić information content (AvgIpc) is 3.30. The Labute approximate surface area is 211 Å². The molecule has 2 aromatic carbocycles. The van der Waals surface area contributed by atoms with Gasteiger partial charge in [0.25, 0.3) is 0 Å². The van der Waals surface area contributed by atoms with E-state index >= 15 is 0 Å². The first kappa shape index (κ1) is 24.4. The second kappa shape index (κ2) is 9.99. The van der Waals surface area contributed by atoms with Crippen molar-refractivity contribution in [1.82, 2.24) is 29.4 Å². The van der Waals surface area contributed by atoms with E-state index < -0.39 is 0 Å². The molecule has 0 radical (unpaired) electrons. The van der Waals surface area contributed by atoms with Gasteiger partial charge in [-0.3, -0.25) is 14.3 Å². The summed E-state index contributed by atoms with van der Waals surface area (Å²) in [5.74, 6) is 0.731. The van der Waals surface area contributed by atoms with Gasteiger partial charge in [-0.05, 0) is 76.8 Å². The number of nitrogens with zero attached hydrogens (tertiary/aromatic N) is 7. The number of ether oxygens (including phenoxy) is 1. The summed E-state index contributed by atoms with van der Waals surface area (Å²) in [6, 6.07) is 11.9. The molecular formula is C27H34FN7O. The van der Waals surface area contributed by atoms with Crippen LogP contribution < -0.4 is 9.64 Å². The maximum Gasteiger partial charge on any atom is 0.232 e. The van der Waals surface area contributed by atoms with Gasteiger partial charge in [0.05, 0.1) is 23.8 Å². The van der Waals surface area contributed by atoms with E-state index in [2.05, 4.69) is 55.2 Å². The maximum atomic E-state index is 14.9. The Morgan fingerprint density at radius 3 is 2.47 bits per heavy atom. The van der Waals surface area contributed by atoms with Crippen LogP contribution in [0.2, 0.25) is 0 Å². The van der Waals surface area contributed by atoms with Gasteiger partial charge in [0.1, 0.15) is 0 Å². The van der Waals surface area contributed by atoms with E-state index in [4.69, 9.17) is 4.74 Å². The third kappa shape index (κ3) is 4.73. The van der Waals surface area contributed by atoms with Crippen LogP contribution in [0.3, 0.4) is 0 Å². The fourth-order valence-corrected chi connectivity index (χ4v) is 4.85. The number of halogens is 1. The molecule has 1 aliphatic heterocycles. The smallest absolute Gasteiger partial charge is 0.232 e. The molecule has 0 amide bonds.